The molecule has 0 spiro atoms. The van der Waals surface area contributed by atoms with E-state index in [0.717, 1.165) is 96.7 Å². The molecular formula is C30H48N8O2. The predicted molar refractivity (Wildman–Crippen MR) is 159 cm³/mol. The molecule has 0 aromatic carbocycles. The van der Waals surface area contributed by atoms with Gasteiger partial charge in [-0.05, 0) is 89.7 Å². The van der Waals surface area contributed by atoms with Gasteiger partial charge in [0.15, 0.2) is 0 Å². The molecule has 0 unspecified atom stereocenters. The summed E-state index contributed by atoms with van der Waals surface area (Å²) in [4.78, 5) is 40.4. The van der Waals surface area contributed by atoms with Crippen LogP contribution in [0.3, 0.4) is 0 Å². The Morgan fingerprint density at radius 3 is 2.00 bits per heavy atom. The molecule has 0 radical (unpaired) electrons. The monoisotopic (exact) mass is 552 g/mol. The number of pyridine rings is 1. The lowest BCUT2D eigenvalue weighted by Crippen LogP contribution is -2.47. The standard InChI is InChI=1S/C30H48N8O2/c31-28(30(40)32-24-11-19-36(20-12-24)22-21-35-13-5-6-14-35)25-9-10-26(38-17-3-1-2-4-18-38)33-29(25)34-27(39)23-37-15-7-8-16-37/h9-10,24,31H,1-8,11-23H2,(H,32,40)(H,33,34,39). The van der Waals surface area contributed by atoms with E-state index >= 15 is 0 Å². The predicted octanol–water partition coefficient (Wildman–Crippen LogP) is 2.54. The summed E-state index contributed by atoms with van der Waals surface area (Å²) in [5.41, 5.74) is 0.247. The molecule has 0 bridgehead atoms. The van der Waals surface area contributed by atoms with Crippen LogP contribution in [0.15, 0.2) is 12.1 Å². The van der Waals surface area contributed by atoms with Crippen molar-refractivity contribution in [3.63, 3.8) is 0 Å². The van der Waals surface area contributed by atoms with Crippen molar-refractivity contribution in [1.82, 2.24) is 25.0 Å². The fourth-order valence-corrected chi connectivity index (χ4v) is 6.51. The summed E-state index contributed by atoms with van der Waals surface area (Å²) < 4.78 is 0. The van der Waals surface area contributed by atoms with Crippen molar-refractivity contribution in [2.24, 2.45) is 0 Å². The number of hydrogen-bond donors (Lipinski definition) is 3. The molecule has 0 aliphatic carbocycles. The number of carbonyl (C=O) groups is 2. The van der Waals surface area contributed by atoms with Gasteiger partial charge in [0.2, 0.25) is 5.91 Å². The SMILES string of the molecule is N=C(C(=O)NC1CCN(CCN2CCCC2)CC1)c1ccc(N2CCCCCC2)nc1NC(=O)CN1CCCC1. The molecule has 5 rings (SSSR count). The highest BCUT2D eigenvalue weighted by molar-refractivity contribution is 6.45. The normalized spacial score (nSPS) is 21.9. The van der Waals surface area contributed by atoms with Crippen molar-refractivity contribution < 1.29 is 9.59 Å². The van der Waals surface area contributed by atoms with Crippen LogP contribution < -0.4 is 15.5 Å². The molecule has 10 heteroatoms. The Balaban J connectivity index is 1.20. The van der Waals surface area contributed by atoms with E-state index in [4.69, 9.17) is 10.4 Å². The molecule has 40 heavy (non-hydrogen) atoms. The van der Waals surface area contributed by atoms with Gasteiger partial charge in [0.05, 0.1) is 6.54 Å². The zero-order valence-electron chi connectivity index (χ0n) is 24.1. The van der Waals surface area contributed by atoms with Crippen LogP contribution in [-0.4, -0.2) is 115 Å². The summed E-state index contributed by atoms with van der Waals surface area (Å²) in [5, 5.41) is 14.8. The number of aromatic nitrogens is 1. The second kappa shape index (κ2) is 14.4. The van der Waals surface area contributed by atoms with Crippen molar-refractivity contribution in [2.75, 3.05) is 82.2 Å². The van der Waals surface area contributed by atoms with Crippen LogP contribution in [-0.2, 0) is 9.59 Å². The first-order chi connectivity index (χ1) is 19.5. The van der Waals surface area contributed by atoms with Gasteiger partial charge < -0.3 is 25.3 Å². The number of hydrogen-bond acceptors (Lipinski definition) is 8. The number of anilines is 2. The molecule has 10 nitrogen and oxygen atoms in total. The maximum atomic E-state index is 13.2. The van der Waals surface area contributed by atoms with E-state index in [1.165, 1.54) is 38.8 Å². The van der Waals surface area contributed by atoms with Crippen molar-refractivity contribution in [1.29, 1.82) is 5.41 Å². The molecule has 4 aliphatic heterocycles. The smallest absolute Gasteiger partial charge is 0.270 e. The highest BCUT2D eigenvalue weighted by atomic mass is 16.2. The van der Waals surface area contributed by atoms with Crippen LogP contribution in [0.2, 0.25) is 0 Å². The van der Waals surface area contributed by atoms with Gasteiger partial charge in [-0.2, -0.15) is 0 Å². The first-order valence-corrected chi connectivity index (χ1v) is 15.7. The average molecular weight is 553 g/mol. The lowest BCUT2D eigenvalue weighted by molar-refractivity contribution is -0.117. The first-order valence-electron chi connectivity index (χ1n) is 15.7. The molecule has 5 heterocycles. The van der Waals surface area contributed by atoms with Gasteiger partial charge in [0, 0.05) is 50.9 Å². The summed E-state index contributed by atoms with van der Waals surface area (Å²) >= 11 is 0. The van der Waals surface area contributed by atoms with Gasteiger partial charge in [-0.3, -0.25) is 19.9 Å². The number of piperidine rings is 1. The molecule has 4 aliphatic rings. The van der Waals surface area contributed by atoms with Gasteiger partial charge in [-0.25, -0.2) is 4.98 Å². The Labute approximate surface area is 239 Å². The third kappa shape index (κ3) is 8.01. The van der Waals surface area contributed by atoms with Gasteiger partial charge in [-0.1, -0.05) is 12.8 Å². The van der Waals surface area contributed by atoms with E-state index in [1.807, 2.05) is 6.07 Å². The van der Waals surface area contributed by atoms with Gasteiger partial charge in [0.1, 0.15) is 17.3 Å². The number of nitrogens with zero attached hydrogens (tertiary/aromatic N) is 5. The zero-order chi connectivity index (χ0) is 27.7. The highest BCUT2D eigenvalue weighted by Crippen LogP contribution is 2.23. The van der Waals surface area contributed by atoms with Crippen LogP contribution in [0.4, 0.5) is 11.6 Å². The Morgan fingerprint density at radius 1 is 0.775 bits per heavy atom. The van der Waals surface area contributed by atoms with Crippen LogP contribution >= 0.6 is 0 Å². The maximum Gasteiger partial charge on any atom is 0.270 e. The molecule has 4 saturated heterocycles. The van der Waals surface area contributed by atoms with Crippen molar-refractivity contribution >= 4 is 29.2 Å². The zero-order valence-corrected chi connectivity index (χ0v) is 24.1. The molecule has 1 aromatic heterocycles. The molecule has 3 N–H and O–H groups in total. The number of amides is 2. The molecule has 220 valence electrons. The van der Waals surface area contributed by atoms with Crippen molar-refractivity contribution in [3.8, 4) is 0 Å². The summed E-state index contributed by atoms with van der Waals surface area (Å²) in [6, 6.07) is 3.76. The van der Waals surface area contributed by atoms with Crippen molar-refractivity contribution in [3.05, 3.63) is 17.7 Å². The summed E-state index contributed by atoms with van der Waals surface area (Å²) in [5.74, 6) is 0.590. The molecule has 0 saturated carbocycles. The van der Waals surface area contributed by atoms with Crippen LogP contribution in [0.1, 0.15) is 69.8 Å². The third-order valence-corrected chi connectivity index (χ3v) is 8.98. The lowest BCUT2D eigenvalue weighted by Gasteiger charge is -2.33. The molecule has 4 fully saturated rings. The van der Waals surface area contributed by atoms with E-state index in [2.05, 4.69) is 30.2 Å². The van der Waals surface area contributed by atoms with E-state index in [9.17, 15) is 9.59 Å². The summed E-state index contributed by atoms with van der Waals surface area (Å²) in [6.07, 6.45) is 11.3. The minimum Gasteiger partial charge on any atom is -0.357 e. The lowest BCUT2D eigenvalue weighted by atomic mass is 10.0. The number of carbonyl (C=O) groups excluding carboxylic acids is 2. The number of likely N-dealkylation sites (tertiary alicyclic amines) is 3. The fraction of sp³-hybridized carbons (Fsp3) is 0.733. The third-order valence-electron chi connectivity index (χ3n) is 8.98. The fourth-order valence-electron chi connectivity index (χ4n) is 6.51. The van der Waals surface area contributed by atoms with E-state index in [0.29, 0.717) is 17.9 Å². The minimum absolute atomic E-state index is 0.0634. The number of rotatable bonds is 10. The largest absolute Gasteiger partial charge is 0.357 e. The average Bonchev–Trinajstić information content (AvgIpc) is 3.61. The molecule has 2 amide bonds. The Bertz CT molecular complexity index is 1000. The minimum atomic E-state index is -0.394. The van der Waals surface area contributed by atoms with E-state index in [-0.39, 0.29) is 17.7 Å². The summed E-state index contributed by atoms with van der Waals surface area (Å²) in [6.45, 7) is 10.6. The van der Waals surface area contributed by atoms with Gasteiger partial charge in [0.25, 0.3) is 5.91 Å². The van der Waals surface area contributed by atoms with Gasteiger partial charge in [-0.15, -0.1) is 0 Å². The van der Waals surface area contributed by atoms with Gasteiger partial charge >= 0.3 is 0 Å². The molecule has 1 aromatic rings. The maximum absolute atomic E-state index is 13.2. The van der Waals surface area contributed by atoms with Crippen molar-refractivity contribution in [2.45, 2.75) is 70.3 Å². The summed E-state index contributed by atoms with van der Waals surface area (Å²) in [7, 11) is 0. The highest BCUT2D eigenvalue weighted by Gasteiger charge is 2.26. The Kier molecular flexibility index (Phi) is 10.4. The van der Waals surface area contributed by atoms with E-state index in [1.54, 1.807) is 6.07 Å². The first kappa shape index (κ1) is 29.0. The number of nitrogens with one attached hydrogen (secondary N) is 3. The molecule has 0 atom stereocenters. The Morgan fingerprint density at radius 2 is 1.35 bits per heavy atom. The second-order valence-corrected chi connectivity index (χ2v) is 12.0. The second-order valence-electron chi connectivity index (χ2n) is 12.0. The van der Waals surface area contributed by atoms with Crippen LogP contribution in [0.5, 0.6) is 0 Å². The molecular weight excluding hydrogens is 504 g/mol. The van der Waals surface area contributed by atoms with E-state index < -0.39 is 5.91 Å². The van der Waals surface area contributed by atoms with Crippen LogP contribution in [0.25, 0.3) is 0 Å². The van der Waals surface area contributed by atoms with Crippen LogP contribution in [0, 0.1) is 5.41 Å². The topological polar surface area (TPSA) is 108 Å². The quantitative estimate of drug-likeness (QED) is 0.383. The Hall–Kier alpha value is -2.56.